The number of rotatable bonds is 10. The van der Waals surface area contributed by atoms with Crippen molar-refractivity contribution < 1.29 is 19.1 Å². The molecule has 2 rings (SSSR count). The van der Waals surface area contributed by atoms with Crippen molar-refractivity contribution in [2.75, 3.05) is 13.1 Å². The van der Waals surface area contributed by atoms with Crippen molar-refractivity contribution in [3.05, 3.63) is 40.2 Å². The molecule has 1 aromatic heterocycles. The largest absolute Gasteiger partial charge is 0.506 e. The molecule has 0 spiro atoms. The van der Waals surface area contributed by atoms with Crippen LogP contribution in [0.4, 0.5) is 0 Å². The van der Waals surface area contributed by atoms with Gasteiger partial charge in [-0.1, -0.05) is 44.7 Å². The Labute approximate surface area is 157 Å². The summed E-state index contributed by atoms with van der Waals surface area (Å²) in [6, 6.07) is 6.43. The molecule has 2 aromatic rings. The molecule has 0 unspecified atom stereocenters. The maximum Gasteiger partial charge on any atom is 0.353 e. The number of nitrogens with one attached hydrogen (secondary N) is 2. The smallest absolute Gasteiger partial charge is 0.353 e. The number of carbonyl (C=O) groups is 2. The fraction of sp³-hybridized carbons (Fsp3) is 0.450. The van der Waals surface area contributed by atoms with Crippen LogP contribution < -0.4 is 16.3 Å². The van der Waals surface area contributed by atoms with Crippen molar-refractivity contribution in [1.29, 1.82) is 0 Å². The van der Waals surface area contributed by atoms with E-state index in [1.54, 1.807) is 18.2 Å². The molecule has 0 bridgehead atoms. The molecule has 2 amide bonds. The van der Waals surface area contributed by atoms with Gasteiger partial charge in [0.15, 0.2) is 5.56 Å². The summed E-state index contributed by atoms with van der Waals surface area (Å²) >= 11 is 0. The van der Waals surface area contributed by atoms with Crippen molar-refractivity contribution in [2.45, 2.75) is 45.4 Å². The summed E-state index contributed by atoms with van der Waals surface area (Å²) in [5, 5.41) is 15.7. The SMILES string of the molecule is CCCCCCCC(=O)NCCNC(=O)c1c(O)c2ccccc2oc1=O. The molecule has 0 saturated heterocycles. The first-order chi connectivity index (χ1) is 13.0. The second-order valence-corrected chi connectivity index (χ2v) is 6.38. The number of hydrogen-bond donors (Lipinski definition) is 3. The summed E-state index contributed by atoms with van der Waals surface area (Å²) in [6.07, 6.45) is 5.84. The Bertz CT molecular complexity index is 844. The number of amides is 2. The minimum atomic E-state index is -0.903. The molecule has 0 aliphatic rings. The number of unbranched alkanes of at least 4 members (excludes halogenated alkanes) is 4. The number of hydrogen-bond acceptors (Lipinski definition) is 5. The lowest BCUT2D eigenvalue weighted by Gasteiger charge is -2.08. The van der Waals surface area contributed by atoms with Gasteiger partial charge in [0.05, 0.1) is 5.39 Å². The van der Waals surface area contributed by atoms with Gasteiger partial charge in [0, 0.05) is 19.5 Å². The monoisotopic (exact) mass is 374 g/mol. The van der Waals surface area contributed by atoms with Gasteiger partial charge in [-0.05, 0) is 18.6 Å². The maximum absolute atomic E-state index is 12.2. The Morgan fingerprint density at radius 1 is 1.04 bits per heavy atom. The van der Waals surface area contributed by atoms with E-state index in [-0.39, 0.29) is 24.6 Å². The van der Waals surface area contributed by atoms with Gasteiger partial charge < -0.3 is 20.2 Å². The van der Waals surface area contributed by atoms with E-state index in [4.69, 9.17) is 4.42 Å². The molecule has 0 aliphatic heterocycles. The van der Waals surface area contributed by atoms with Crippen LogP contribution in [0.1, 0.15) is 55.8 Å². The van der Waals surface area contributed by atoms with Gasteiger partial charge in [0.2, 0.25) is 5.91 Å². The van der Waals surface area contributed by atoms with Gasteiger partial charge in [0.1, 0.15) is 11.3 Å². The van der Waals surface area contributed by atoms with Crippen LogP contribution in [0.3, 0.4) is 0 Å². The summed E-state index contributed by atoms with van der Waals surface area (Å²) in [6.45, 7) is 2.54. The summed E-state index contributed by atoms with van der Waals surface area (Å²) in [7, 11) is 0. The highest BCUT2D eigenvalue weighted by Gasteiger charge is 2.20. The predicted molar refractivity (Wildman–Crippen MR) is 103 cm³/mol. The molecule has 3 N–H and O–H groups in total. The number of aromatic hydroxyl groups is 1. The van der Waals surface area contributed by atoms with Gasteiger partial charge >= 0.3 is 5.63 Å². The molecule has 0 radical (unpaired) electrons. The third-order valence-corrected chi connectivity index (χ3v) is 4.25. The Balaban J connectivity index is 1.80. The summed E-state index contributed by atoms with van der Waals surface area (Å²) in [5.41, 5.74) is -1.13. The number of benzene rings is 1. The predicted octanol–water partition coefficient (Wildman–Crippen LogP) is 2.71. The summed E-state index contributed by atoms with van der Waals surface area (Å²) in [5.74, 6) is -1.20. The quantitative estimate of drug-likeness (QED) is 0.438. The lowest BCUT2D eigenvalue weighted by Crippen LogP contribution is -2.36. The highest BCUT2D eigenvalue weighted by Crippen LogP contribution is 2.25. The Hall–Kier alpha value is -2.83. The average molecular weight is 374 g/mol. The molecule has 7 heteroatoms. The lowest BCUT2D eigenvalue weighted by atomic mass is 10.1. The van der Waals surface area contributed by atoms with Gasteiger partial charge in [-0.25, -0.2) is 4.79 Å². The van der Waals surface area contributed by atoms with E-state index in [2.05, 4.69) is 17.6 Å². The third kappa shape index (κ3) is 5.84. The summed E-state index contributed by atoms with van der Waals surface area (Å²) in [4.78, 5) is 35.9. The standard InChI is InChI=1S/C20H26N2O5/c1-2-3-4-5-6-11-16(23)21-12-13-22-19(25)17-18(24)14-9-7-8-10-15(14)27-20(17)26/h7-10,24H,2-6,11-13H2,1H3,(H,21,23)(H,22,25). The van der Waals surface area contributed by atoms with Crippen LogP contribution >= 0.6 is 0 Å². The van der Waals surface area contributed by atoms with E-state index in [9.17, 15) is 19.5 Å². The maximum atomic E-state index is 12.2. The Kier molecular flexibility index (Phi) is 7.85. The van der Waals surface area contributed by atoms with E-state index in [0.717, 1.165) is 25.7 Å². The van der Waals surface area contributed by atoms with Gasteiger partial charge in [-0.2, -0.15) is 0 Å². The summed E-state index contributed by atoms with van der Waals surface area (Å²) < 4.78 is 5.07. The normalized spacial score (nSPS) is 10.7. The number of fused-ring (bicyclic) bond motifs is 1. The second-order valence-electron chi connectivity index (χ2n) is 6.38. The second kappa shape index (κ2) is 10.4. The van der Waals surface area contributed by atoms with Gasteiger partial charge in [0.25, 0.3) is 5.91 Å². The molecule has 0 aliphatic carbocycles. The molecule has 0 fully saturated rings. The number of carbonyl (C=O) groups excluding carboxylic acids is 2. The molecule has 1 heterocycles. The minimum absolute atomic E-state index is 0.0613. The van der Waals surface area contributed by atoms with Crippen molar-refractivity contribution in [3.8, 4) is 5.75 Å². The lowest BCUT2D eigenvalue weighted by molar-refractivity contribution is -0.121. The van der Waals surface area contributed by atoms with Crippen molar-refractivity contribution in [3.63, 3.8) is 0 Å². The molecule has 0 atom stereocenters. The van der Waals surface area contributed by atoms with Crippen LogP contribution in [0.25, 0.3) is 11.0 Å². The average Bonchev–Trinajstić information content (AvgIpc) is 2.65. The molecule has 7 nitrogen and oxygen atoms in total. The minimum Gasteiger partial charge on any atom is -0.506 e. The first-order valence-electron chi connectivity index (χ1n) is 9.34. The number of para-hydroxylation sites is 1. The molecule has 146 valence electrons. The van der Waals surface area contributed by atoms with Crippen LogP contribution in [-0.2, 0) is 4.79 Å². The van der Waals surface area contributed by atoms with Crippen LogP contribution in [0.2, 0.25) is 0 Å². The van der Waals surface area contributed by atoms with E-state index in [1.165, 1.54) is 12.5 Å². The Morgan fingerprint density at radius 2 is 1.74 bits per heavy atom. The van der Waals surface area contributed by atoms with Crippen molar-refractivity contribution in [2.24, 2.45) is 0 Å². The first-order valence-corrected chi connectivity index (χ1v) is 9.34. The molecular formula is C20H26N2O5. The third-order valence-electron chi connectivity index (χ3n) is 4.25. The fourth-order valence-electron chi connectivity index (χ4n) is 2.78. The van der Waals surface area contributed by atoms with Crippen molar-refractivity contribution >= 4 is 22.8 Å². The molecular weight excluding hydrogens is 348 g/mol. The van der Waals surface area contributed by atoms with E-state index in [0.29, 0.717) is 11.8 Å². The van der Waals surface area contributed by atoms with Gasteiger partial charge in [-0.15, -0.1) is 0 Å². The van der Waals surface area contributed by atoms with Crippen LogP contribution in [-0.4, -0.2) is 30.0 Å². The fourth-order valence-corrected chi connectivity index (χ4v) is 2.78. The van der Waals surface area contributed by atoms with E-state index >= 15 is 0 Å². The molecule has 1 aromatic carbocycles. The highest BCUT2D eigenvalue weighted by atomic mass is 16.4. The first kappa shape index (κ1) is 20.5. The zero-order chi connectivity index (χ0) is 19.6. The zero-order valence-electron chi connectivity index (χ0n) is 15.5. The van der Waals surface area contributed by atoms with E-state index < -0.39 is 22.8 Å². The topological polar surface area (TPSA) is 109 Å². The van der Waals surface area contributed by atoms with Crippen LogP contribution in [0.5, 0.6) is 5.75 Å². The van der Waals surface area contributed by atoms with Crippen molar-refractivity contribution in [1.82, 2.24) is 10.6 Å². The zero-order valence-corrected chi connectivity index (χ0v) is 15.5. The molecule has 27 heavy (non-hydrogen) atoms. The Morgan fingerprint density at radius 3 is 2.52 bits per heavy atom. The van der Waals surface area contributed by atoms with Crippen LogP contribution in [0.15, 0.2) is 33.5 Å². The van der Waals surface area contributed by atoms with Gasteiger partial charge in [-0.3, -0.25) is 9.59 Å². The highest BCUT2D eigenvalue weighted by molar-refractivity contribution is 6.01. The van der Waals surface area contributed by atoms with E-state index in [1.807, 2.05) is 0 Å². The molecule has 0 saturated carbocycles. The van der Waals surface area contributed by atoms with Crippen LogP contribution in [0, 0.1) is 0 Å².